The first kappa shape index (κ1) is 14.8. The second-order valence-corrected chi connectivity index (χ2v) is 5.83. The molecule has 1 aromatic heterocycles. The molecule has 2 nitrogen and oxygen atoms in total. The van der Waals surface area contributed by atoms with E-state index in [-0.39, 0.29) is 11.7 Å². The number of benzene rings is 2. The number of hydrogen-bond acceptors (Lipinski definition) is 1. The normalized spacial score (nSPS) is 12.7. The quantitative estimate of drug-likeness (QED) is 0.777. The minimum absolute atomic E-state index is 0.125. The average molecular weight is 296 g/mol. The third-order valence-electron chi connectivity index (χ3n) is 4.59. The molecule has 0 aliphatic carbocycles. The van der Waals surface area contributed by atoms with E-state index in [4.69, 9.17) is 5.73 Å². The summed E-state index contributed by atoms with van der Waals surface area (Å²) in [5, 5.41) is 1.26. The highest BCUT2D eigenvalue weighted by Crippen LogP contribution is 2.30. The molecular formula is C19H21FN2. The van der Waals surface area contributed by atoms with Gasteiger partial charge in [-0.1, -0.05) is 30.3 Å². The van der Waals surface area contributed by atoms with Crippen LogP contribution in [0.25, 0.3) is 10.9 Å². The lowest BCUT2D eigenvalue weighted by Crippen LogP contribution is -2.15. The van der Waals surface area contributed by atoms with E-state index in [2.05, 4.69) is 42.8 Å². The van der Waals surface area contributed by atoms with Gasteiger partial charge in [0.15, 0.2) is 0 Å². The molecule has 3 heteroatoms. The molecule has 0 fully saturated rings. The van der Waals surface area contributed by atoms with Crippen LogP contribution in [0, 0.1) is 12.7 Å². The summed E-state index contributed by atoms with van der Waals surface area (Å²) in [5.41, 5.74) is 10.7. The van der Waals surface area contributed by atoms with Gasteiger partial charge in [0.1, 0.15) is 5.82 Å². The summed E-state index contributed by atoms with van der Waals surface area (Å²) in [6, 6.07) is 15.2. The number of halogens is 1. The Bertz CT molecular complexity index is 804. The smallest absolute Gasteiger partial charge is 0.123 e. The van der Waals surface area contributed by atoms with Crippen molar-refractivity contribution >= 4 is 10.9 Å². The van der Waals surface area contributed by atoms with E-state index in [9.17, 15) is 4.39 Å². The van der Waals surface area contributed by atoms with Crippen molar-refractivity contribution < 1.29 is 4.39 Å². The van der Waals surface area contributed by atoms with Crippen LogP contribution in [-0.2, 0) is 13.5 Å². The first-order chi connectivity index (χ1) is 10.6. The lowest BCUT2D eigenvalue weighted by molar-refractivity contribution is 0.616. The van der Waals surface area contributed by atoms with Crippen LogP contribution < -0.4 is 5.73 Å². The Morgan fingerprint density at radius 2 is 1.91 bits per heavy atom. The van der Waals surface area contributed by atoms with Gasteiger partial charge >= 0.3 is 0 Å². The van der Waals surface area contributed by atoms with Crippen LogP contribution in [0.5, 0.6) is 0 Å². The molecule has 1 atom stereocenters. The highest BCUT2D eigenvalue weighted by molar-refractivity contribution is 5.85. The molecule has 3 aromatic rings. The van der Waals surface area contributed by atoms with E-state index in [1.54, 1.807) is 12.1 Å². The standard InChI is InChI=1S/C19H21FN2/c1-13-18(17-8-3-4-9-19(17)22(13)2)11-15(12-21)14-6-5-7-16(20)10-14/h3-10,15H,11-12,21H2,1-2H3. The number of aryl methyl sites for hydroxylation is 1. The van der Waals surface area contributed by atoms with Crippen LogP contribution >= 0.6 is 0 Å². The molecule has 0 amide bonds. The van der Waals surface area contributed by atoms with E-state index in [1.165, 1.54) is 28.2 Å². The molecule has 0 saturated carbocycles. The van der Waals surface area contributed by atoms with Crippen LogP contribution in [0.15, 0.2) is 48.5 Å². The molecule has 114 valence electrons. The highest BCUT2D eigenvalue weighted by Gasteiger charge is 2.17. The minimum Gasteiger partial charge on any atom is -0.348 e. The first-order valence-corrected chi connectivity index (χ1v) is 7.60. The zero-order chi connectivity index (χ0) is 15.7. The number of nitrogens with two attached hydrogens (primary N) is 1. The second kappa shape index (κ2) is 5.93. The number of rotatable bonds is 4. The van der Waals surface area contributed by atoms with Crippen LogP contribution in [-0.4, -0.2) is 11.1 Å². The van der Waals surface area contributed by atoms with Gasteiger partial charge in [0, 0.05) is 29.6 Å². The molecule has 0 aliphatic rings. The number of aromatic nitrogens is 1. The summed E-state index contributed by atoms with van der Waals surface area (Å²) >= 11 is 0. The van der Waals surface area contributed by atoms with Crippen molar-refractivity contribution in [3.63, 3.8) is 0 Å². The summed E-state index contributed by atoms with van der Waals surface area (Å²) in [4.78, 5) is 0. The number of fused-ring (bicyclic) bond motifs is 1. The van der Waals surface area contributed by atoms with Crippen LogP contribution in [0.3, 0.4) is 0 Å². The number of hydrogen-bond donors (Lipinski definition) is 1. The van der Waals surface area contributed by atoms with Crippen molar-refractivity contribution in [1.82, 2.24) is 4.57 Å². The average Bonchev–Trinajstić information content (AvgIpc) is 2.77. The predicted molar refractivity (Wildman–Crippen MR) is 89.6 cm³/mol. The van der Waals surface area contributed by atoms with Crippen molar-refractivity contribution in [3.05, 3.63) is 71.2 Å². The Kier molecular flexibility index (Phi) is 3.99. The lowest BCUT2D eigenvalue weighted by Gasteiger charge is -2.16. The molecule has 0 spiro atoms. The fourth-order valence-electron chi connectivity index (χ4n) is 3.20. The van der Waals surface area contributed by atoms with Gasteiger partial charge in [-0.3, -0.25) is 0 Å². The zero-order valence-corrected chi connectivity index (χ0v) is 13.0. The molecule has 3 rings (SSSR count). The van der Waals surface area contributed by atoms with Gasteiger partial charge < -0.3 is 10.3 Å². The first-order valence-electron chi connectivity index (χ1n) is 7.60. The van der Waals surface area contributed by atoms with Gasteiger partial charge in [0.25, 0.3) is 0 Å². The molecule has 1 heterocycles. The van der Waals surface area contributed by atoms with Crippen molar-refractivity contribution in [1.29, 1.82) is 0 Å². The largest absolute Gasteiger partial charge is 0.348 e. The Labute approximate surface area is 130 Å². The van der Waals surface area contributed by atoms with Gasteiger partial charge in [-0.15, -0.1) is 0 Å². The van der Waals surface area contributed by atoms with Gasteiger partial charge in [-0.05, 0) is 49.2 Å². The summed E-state index contributed by atoms with van der Waals surface area (Å²) in [7, 11) is 2.08. The Hall–Kier alpha value is -2.13. The maximum atomic E-state index is 13.5. The van der Waals surface area contributed by atoms with Gasteiger partial charge in [-0.2, -0.15) is 0 Å². The van der Waals surface area contributed by atoms with Crippen LogP contribution in [0.2, 0.25) is 0 Å². The van der Waals surface area contributed by atoms with Crippen molar-refractivity contribution in [3.8, 4) is 0 Å². The second-order valence-electron chi connectivity index (χ2n) is 5.83. The van der Waals surface area contributed by atoms with E-state index in [0.29, 0.717) is 6.54 Å². The molecule has 1 unspecified atom stereocenters. The maximum absolute atomic E-state index is 13.5. The van der Waals surface area contributed by atoms with Crippen LogP contribution in [0.1, 0.15) is 22.7 Å². The van der Waals surface area contributed by atoms with E-state index in [0.717, 1.165) is 12.0 Å². The maximum Gasteiger partial charge on any atom is 0.123 e. The third-order valence-corrected chi connectivity index (χ3v) is 4.59. The monoisotopic (exact) mass is 296 g/mol. The molecule has 2 aromatic carbocycles. The third kappa shape index (κ3) is 2.53. The fraction of sp³-hybridized carbons (Fsp3) is 0.263. The lowest BCUT2D eigenvalue weighted by atomic mass is 9.91. The van der Waals surface area contributed by atoms with Crippen LogP contribution in [0.4, 0.5) is 4.39 Å². The fourth-order valence-corrected chi connectivity index (χ4v) is 3.20. The van der Waals surface area contributed by atoms with E-state index >= 15 is 0 Å². The molecule has 0 radical (unpaired) electrons. The predicted octanol–water partition coefficient (Wildman–Crippen LogP) is 3.91. The van der Waals surface area contributed by atoms with Crippen molar-refractivity contribution in [2.45, 2.75) is 19.3 Å². The number of nitrogens with zero attached hydrogens (tertiary/aromatic N) is 1. The van der Waals surface area contributed by atoms with E-state index in [1.807, 2.05) is 6.07 Å². The highest BCUT2D eigenvalue weighted by atomic mass is 19.1. The molecule has 2 N–H and O–H groups in total. The topological polar surface area (TPSA) is 30.9 Å². The van der Waals surface area contributed by atoms with Gasteiger partial charge in [-0.25, -0.2) is 4.39 Å². The summed E-state index contributed by atoms with van der Waals surface area (Å²) in [5.74, 6) is -0.0780. The zero-order valence-electron chi connectivity index (χ0n) is 13.0. The Morgan fingerprint density at radius 3 is 2.64 bits per heavy atom. The SMILES string of the molecule is Cc1c(CC(CN)c2cccc(F)c2)c2ccccc2n1C. The Balaban J connectivity index is 2.03. The summed E-state index contributed by atoms with van der Waals surface area (Å²) in [6.45, 7) is 2.64. The summed E-state index contributed by atoms with van der Waals surface area (Å²) < 4.78 is 15.7. The summed E-state index contributed by atoms with van der Waals surface area (Å²) in [6.07, 6.45) is 0.827. The molecule has 0 aliphatic heterocycles. The minimum atomic E-state index is -0.203. The van der Waals surface area contributed by atoms with Gasteiger partial charge in [0.2, 0.25) is 0 Å². The Morgan fingerprint density at radius 1 is 1.14 bits per heavy atom. The molecule has 22 heavy (non-hydrogen) atoms. The van der Waals surface area contributed by atoms with Crippen molar-refractivity contribution in [2.24, 2.45) is 12.8 Å². The molecule has 0 bridgehead atoms. The molecule has 0 saturated heterocycles. The number of para-hydroxylation sites is 1. The van der Waals surface area contributed by atoms with Crippen molar-refractivity contribution in [2.75, 3.05) is 6.54 Å². The molecular weight excluding hydrogens is 275 g/mol. The van der Waals surface area contributed by atoms with Gasteiger partial charge in [0.05, 0.1) is 0 Å². The van der Waals surface area contributed by atoms with E-state index < -0.39 is 0 Å².